The van der Waals surface area contributed by atoms with Gasteiger partial charge in [-0.3, -0.25) is 9.69 Å². The van der Waals surface area contributed by atoms with E-state index in [9.17, 15) is 4.79 Å². The fraction of sp³-hybridized carbons (Fsp3) is 0.941. The Labute approximate surface area is 153 Å². The number of halogens is 2. The van der Waals surface area contributed by atoms with Gasteiger partial charge >= 0.3 is 0 Å². The zero-order chi connectivity index (χ0) is 14.8. The van der Waals surface area contributed by atoms with Crippen molar-refractivity contribution in [1.82, 2.24) is 15.1 Å². The molecule has 0 spiro atoms. The number of fused-ring (bicyclic) bond motifs is 2. The summed E-state index contributed by atoms with van der Waals surface area (Å²) in [7, 11) is 2.00. The molecule has 3 atom stereocenters. The highest BCUT2D eigenvalue weighted by Crippen LogP contribution is 2.33. The average Bonchev–Trinajstić information content (AvgIpc) is 3.05. The van der Waals surface area contributed by atoms with Gasteiger partial charge in [-0.2, -0.15) is 0 Å². The number of likely N-dealkylation sites (N-methyl/N-ethyl adjacent to an activating group) is 2. The number of likely N-dealkylation sites (tertiary alicyclic amines) is 1. The van der Waals surface area contributed by atoms with E-state index in [4.69, 9.17) is 0 Å². The first kappa shape index (κ1) is 21.0. The quantitative estimate of drug-likeness (QED) is 0.813. The van der Waals surface area contributed by atoms with Crippen molar-refractivity contribution in [3.63, 3.8) is 0 Å². The van der Waals surface area contributed by atoms with Gasteiger partial charge in [0.1, 0.15) is 0 Å². The Morgan fingerprint density at radius 1 is 1.17 bits per heavy atom. The highest BCUT2D eigenvalue weighted by atomic mass is 35.5. The van der Waals surface area contributed by atoms with Gasteiger partial charge in [0, 0.05) is 38.1 Å². The average molecular weight is 366 g/mol. The molecule has 0 aromatic heterocycles. The van der Waals surface area contributed by atoms with E-state index in [-0.39, 0.29) is 24.8 Å². The van der Waals surface area contributed by atoms with Crippen LogP contribution in [0.3, 0.4) is 0 Å². The normalized spacial score (nSPS) is 33.0. The number of carbonyl (C=O) groups excluding carboxylic acids is 1. The highest BCUT2D eigenvalue weighted by molar-refractivity contribution is 5.85. The minimum absolute atomic E-state index is 0. The molecule has 23 heavy (non-hydrogen) atoms. The lowest BCUT2D eigenvalue weighted by molar-refractivity contribution is -0.131. The Bertz CT molecular complexity index is 371. The molecular formula is C17H33Cl2N3O. The Hall–Kier alpha value is -0.0300. The van der Waals surface area contributed by atoms with Crippen LogP contribution in [0.1, 0.15) is 51.9 Å². The lowest BCUT2D eigenvalue weighted by Gasteiger charge is -2.31. The predicted octanol–water partition coefficient (Wildman–Crippen LogP) is 2.69. The predicted molar refractivity (Wildman–Crippen MR) is 99.7 cm³/mol. The lowest BCUT2D eigenvalue weighted by atomic mass is 9.89. The molecular weight excluding hydrogens is 333 g/mol. The van der Waals surface area contributed by atoms with E-state index in [2.05, 4.69) is 17.1 Å². The number of amides is 1. The second kappa shape index (κ2) is 9.45. The van der Waals surface area contributed by atoms with Crippen LogP contribution >= 0.6 is 24.8 Å². The molecule has 1 N–H and O–H groups in total. The maximum absolute atomic E-state index is 12.5. The molecule has 0 aromatic carbocycles. The molecule has 3 rings (SSSR count). The van der Waals surface area contributed by atoms with Crippen molar-refractivity contribution in [1.29, 1.82) is 0 Å². The van der Waals surface area contributed by atoms with Crippen molar-refractivity contribution in [2.45, 2.75) is 70.0 Å². The van der Waals surface area contributed by atoms with E-state index >= 15 is 0 Å². The Kier molecular flexibility index (Phi) is 8.64. The van der Waals surface area contributed by atoms with Gasteiger partial charge in [0.05, 0.1) is 0 Å². The first-order valence-electron chi connectivity index (χ1n) is 8.89. The summed E-state index contributed by atoms with van der Waals surface area (Å²) in [4.78, 5) is 17.0. The summed E-state index contributed by atoms with van der Waals surface area (Å²) in [5.74, 6) is 0.980. The molecule has 4 nitrogen and oxygen atoms in total. The molecule has 136 valence electrons. The smallest absolute Gasteiger partial charge is 0.222 e. The van der Waals surface area contributed by atoms with Crippen LogP contribution in [-0.4, -0.2) is 60.5 Å². The van der Waals surface area contributed by atoms with Crippen molar-refractivity contribution >= 4 is 30.7 Å². The first-order valence-corrected chi connectivity index (χ1v) is 8.89. The summed E-state index contributed by atoms with van der Waals surface area (Å²) in [6.45, 7) is 5.47. The molecule has 2 bridgehead atoms. The molecule has 1 amide bonds. The van der Waals surface area contributed by atoms with Gasteiger partial charge in [-0.15, -0.1) is 24.8 Å². The standard InChI is InChI=1S/C17H31N3O.2ClH/c1-3-20-8-4-5-16(20)12-19(2)17(21)11-13-9-14-6-7-15(10-13)18-14;;/h13-16,18H,3-12H2,1-2H3;2*1H. The molecule has 6 heteroatoms. The van der Waals surface area contributed by atoms with Crippen LogP contribution in [-0.2, 0) is 4.79 Å². The summed E-state index contributed by atoms with van der Waals surface area (Å²) >= 11 is 0. The number of piperidine rings is 1. The van der Waals surface area contributed by atoms with Crippen molar-refractivity contribution < 1.29 is 4.79 Å². The molecule has 3 aliphatic heterocycles. The minimum Gasteiger partial charge on any atom is -0.344 e. The first-order chi connectivity index (χ1) is 10.2. The second-order valence-electron chi connectivity index (χ2n) is 7.38. The molecule has 3 aliphatic rings. The third-order valence-electron chi connectivity index (χ3n) is 5.85. The topological polar surface area (TPSA) is 35.6 Å². The molecule has 0 aromatic rings. The number of rotatable bonds is 5. The molecule has 3 heterocycles. The van der Waals surface area contributed by atoms with Gasteiger partial charge in [0.15, 0.2) is 0 Å². The van der Waals surface area contributed by atoms with Gasteiger partial charge in [-0.25, -0.2) is 0 Å². The van der Waals surface area contributed by atoms with Crippen molar-refractivity contribution in [3.05, 3.63) is 0 Å². The monoisotopic (exact) mass is 365 g/mol. The van der Waals surface area contributed by atoms with E-state index < -0.39 is 0 Å². The summed E-state index contributed by atoms with van der Waals surface area (Å²) in [6.07, 6.45) is 8.36. The second-order valence-corrected chi connectivity index (χ2v) is 7.38. The van der Waals surface area contributed by atoms with E-state index in [1.165, 1.54) is 45.1 Å². The Morgan fingerprint density at radius 3 is 2.43 bits per heavy atom. The van der Waals surface area contributed by atoms with Crippen LogP contribution in [0.15, 0.2) is 0 Å². The molecule has 3 saturated heterocycles. The lowest BCUT2D eigenvalue weighted by Crippen LogP contribution is -2.43. The summed E-state index contributed by atoms with van der Waals surface area (Å²) in [6, 6.07) is 1.97. The van der Waals surface area contributed by atoms with Crippen LogP contribution in [0.5, 0.6) is 0 Å². The molecule has 0 saturated carbocycles. The van der Waals surface area contributed by atoms with Crippen LogP contribution in [0.4, 0.5) is 0 Å². The van der Waals surface area contributed by atoms with E-state index in [0.717, 1.165) is 19.5 Å². The van der Waals surface area contributed by atoms with Crippen LogP contribution in [0.25, 0.3) is 0 Å². The summed E-state index contributed by atoms with van der Waals surface area (Å²) in [5, 5.41) is 3.66. The third kappa shape index (κ3) is 5.22. The number of hydrogen-bond acceptors (Lipinski definition) is 3. The number of hydrogen-bond donors (Lipinski definition) is 1. The zero-order valence-corrected chi connectivity index (χ0v) is 16.1. The highest BCUT2D eigenvalue weighted by Gasteiger charge is 2.35. The van der Waals surface area contributed by atoms with Crippen LogP contribution in [0, 0.1) is 5.92 Å². The molecule has 3 unspecified atom stereocenters. The minimum atomic E-state index is 0. The van der Waals surface area contributed by atoms with Gasteiger partial charge in [-0.05, 0) is 57.5 Å². The van der Waals surface area contributed by atoms with Gasteiger partial charge < -0.3 is 10.2 Å². The number of nitrogens with one attached hydrogen (secondary N) is 1. The van der Waals surface area contributed by atoms with Crippen LogP contribution in [0.2, 0.25) is 0 Å². The van der Waals surface area contributed by atoms with Gasteiger partial charge in [0.2, 0.25) is 5.91 Å². The third-order valence-corrected chi connectivity index (χ3v) is 5.85. The number of carbonyl (C=O) groups is 1. The molecule has 0 radical (unpaired) electrons. The van der Waals surface area contributed by atoms with Crippen LogP contribution < -0.4 is 5.32 Å². The zero-order valence-electron chi connectivity index (χ0n) is 14.5. The molecule has 3 fully saturated rings. The van der Waals surface area contributed by atoms with E-state index in [1.807, 2.05) is 11.9 Å². The van der Waals surface area contributed by atoms with Crippen molar-refractivity contribution in [3.8, 4) is 0 Å². The largest absolute Gasteiger partial charge is 0.344 e. The SMILES string of the molecule is CCN1CCCC1CN(C)C(=O)CC1CC2CCC(C1)N2.Cl.Cl. The maximum Gasteiger partial charge on any atom is 0.222 e. The number of nitrogens with zero attached hydrogens (tertiary/aromatic N) is 2. The fourth-order valence-electron chi connectivity index (χ4n) is 4.68. The fourth-order valence-corrected chi connectivity index (χ4v) is 4.68. The van der Waals surface area contributed by atoms with Crippen molar-refractivity contribution in [2.75, 3.05) is 26.7 Å². The van der Waals surface area contributed by atoms with Gasteiger partial charge in [0.25, 0.3) is 0 Å². The van der Waals surface area contributed by atoms with Gasteiger partial charge in [-0.1, -0.05) is 6.92 Å². The van der Waals surface area contributed by atoms with E-state index in [0.29, 0.717) is 30.0 Å². The summed E-state index contributed by atoms with van der Waals surface area (Å²) < 4.78 is 0. The molecule has 0 aliphatic carbocycles. The maximum atomic E-state index is 12.5. The van der Waals surface area contributed by atoms with E-state index in [1.54, 1.807) is 0 Å². The Morgan fingerprint density at radius 2 is 1.83 bits per heavy atom. The summed E-state index contributed by atoms with van der Waals surface area (Å²) in [5.41, 5.74) is 0. The van der Waals surface area contributed by atoms with Crippen molar-refractivity contribution in [2.24, 2.45) is 5.92 Å². The Balaban J connectivity index is 0.00000132.